The molecule has 0 fully saturated rings. The Kier molecular flexibility index (Phi) is 6.56. The number of carbonyl (C=O) groups is 1. The molecule has 0 bridgehead atoms. The zero-order valence-electron chi connectivity index (χ0n) is 13.0. The van der Waals surface area contributed by atoms with E-state index in [1.165, 1.54) is 12.1 Å². The van der Waals surface area contributed by atoms with E-state index >= 15 is 0 Å². The molecule has 0 heterocycles. The molecule has 4 nitrogen and oxygen atoms in total. The van der Waals surface area contributed by atoms with Crippen molar-refractivity contribution in [2.75, 3.05) is 20.3 Å². The van der Waals surface area contributed by atoms with Gasteiger partial charge in [0.25, 0.3) is 0 Å². The summed E-state index contributed by atoms with van der Waals surface area (Å²) < 4.78 is 23.3. The van der Waals surface area contributed by atoms with E-state index in [9.17, 15) is 9.18 Å². The first-order chi connectivity index (χ1) is 11.2. The van der Waals surface area contributed by atoms with Crippen LogP contribution >= 0.6 is 0 Å². The molecule has 0 saturated carbocycles. The molecule has 0 aliphatic heterocycles. The highest BCUT2D eigenvalue weighted by atomic mass is 19.1. The molecule has 2 aromatic carbocycles. The average Bonchev–Trinajstić information content (AvgIpc) is 2.57. The van der Waals surface area contributed by atoms with Gasteiger partial charge in [0.2, 0.25) is 5.91 Å². The quantitative estimate of drug-likeness (QED) is 0.814. The van der Waals surface area contributed by atoms with Crippen LogP contribution in [-0.4, -0.2) is 26.2 Å². The first-order valence-electron chi connectivity index (χ1n) is 7.39. The smallest absolute Gasteiger partial charge is 0.246 e. The molecule has 5 heteroatoms. The van der Waals surface area contributed by atoms with Gasteiger partial charge in [0.1, 0.15) is 18.2 Å². The standard InChI is InChI=1S/C18H20FNO3/c1-22-17-4-2-3-15(11-17)12-23-13-18(21)20-10-9-14-5-7-16(19)8-6-14/h2-8,11H,9-10,12-13H2,1H3,(H,20,21). The summed E-state index contributed by atoms with van der Waals surface area (Å²) in [6, 6.07) is 13.7. The lowest BCUT2D eigenvalue weighted by Crippen LogP contribution is -2.29. The summed E-state index contributed by atoms with van der Waals surface area (Å²) in [5, 5.41) is 2.77. The van der Waals surface area contributed by atoms with E-state index in [-0.39, 0.29) is 18.3 Å². The maximum absolute atomic E-state index is 12.8. The van der Waals surface area contributed by atoms with Gasteiger partial charge < -0.3 is 14.8 Å². The van der Waals surface area contributed by atoms with Crippen LogP contribution < -0.4 is 10.1 Å². The Bertz CT molecular complexity index is 628. The van der Waals surface area contributed by atoms with Crippen LogP contribution in [0.25, 0.3) is 0 Å². The van der Waals surface area contributed by atoms with E-state index < -0.39 is 0 Å². The first-order valence-corrected chi connectivity index (χ1v) is 7.39. The van der Waals surface area contributed by atoms with Crippen molar-refractivity contribution in [2.24, 2.45) is 0 Å². The lowest BCUT2D eigenvalue weighted by molar-refractivity contribution is -0.126. The number of carbonyl (C=O) groups excluding carboxylic acids is 1. The van der Waals surface area contributed by atoms with Crippen molar-refractivity contribution in [3.05, 3.63) is 65.5 Å². The zero-order valence-corrected chi connectivity index (χ0v) is 13.0. The third-order valence-electron chi connectivity index (χ3n) is 3.29. The van der Waals surface area contributed by atoms with Crippen molar-refractivity contribution in [2.45, 2.75) is 13.0 Å². The highest BCUT2D eigenvalue weighted by Gasteiger charge is 2.02. The number of hydrogen-bond donors (Lipinski definition) is 1. The number of nitrogens with one attached hydrogen (secondary N) is 1. The van der Waals surface area contributed by atoms with Crippen LogP contribution in [-0.2, 0) is 22.6 Å². The number of methoxy groups -OCH3 is 1. The maximum atomic E-state index is 12.8. The fourth-order valence-corrected chi connectivity index (χ4v) is 2.07. The lowest BCUT2D eigenvalue weighted by atomic mass is 10.1. The first kappa shape index (κ1) is 17.0. The maximum Gasteiger partial charge on any atom is 0.246 e. The molecule has 2 rings (SSSR count). The number of hydrogen-bond acceptors (Lipinski definition) is 3. The Morgan fingerprint density at radius 2 is 1.91 bits per heavy atom. The van der Waals surface area contributed by atoms with E-state index in [0.717, 1.165) is 16.9 Å². The second kappa shape index (κ2) is 8.90. The van der Waals surface area contributed by atoms with E-state index in [0.29, 0.717) is 19.6 Å². The second-order valence-electron chi connectivity index (χ2n) is 5.07. The molecule has 0 atom stereocenters. The Morgan fingerprint density at radius 3 is 2.65 bits per heavy atom. The number of halogens is 1. The molecular formula is C18H20FNO3. The van der Waals surface area contributed by atoms with Crippen LogP contribution in [0, 0.1) is 5.82 Å². The Balaban J connectivity index is 1.64. The largest absolute Gasteiger partial charge is 0.497 e. The van der Waals surface area contributed by atoms with Crippen LogP contribution in [0.4, 0.5) is 4.39 Å². The molecular weight excluding hydrogens is 297 g/mol. The van der Waals surface area contributed by atoms with E-state index in [1.807, 2.05) is 24.3 Å². The minimum absolute atomic E-state index is 0.000623. The molecule has 0 aromatic heterocycles. The topological polar surface area (TPSA) is 47.6 Å². The normalized spacial score (nSPS) is 10.3. The summed E-state index contributed by atoms with van der Waals surface area (Å²) in [7, 11) is 1.61. The van der Waals surface area contributed by atoms with E-state index in [1.54, 1.807) is 19.2 Å². The number of benzene rings is 2. The predicted octanol–water partition coefficient (Wildman–Crippen LogP) is 2.71. The van der Waals surface area contributed by atoms with Gasteiger partial charge in [-0.1, -0.05) is 24.3 Å². The minimum atomic E-state index is -0.260. The second-order valence-corrected chi connectivity index (χ2v) is 5.07. The fraction of sp³-hybridized carbons (Fsp3) is 0.278. The highest BCUT2D eigenvalue weighted by molar-refractivity contribution is 5.77. The van der Waals surface area contributed by atoms with Gasteiger partial charge in [0, 0.05) is 6.54 Å². The molecule has 122 valence electrons. The van der Waals surface area contributed by atoms with Gasteiger partial charge >= 0.3 is 0 Å². The van der Waals surface area contributed by atoms with Crippen molar-refractivity contribution in [3.8, 4) is 5.75 Å². The van der Waals surface area contributed by atoms with E-state index in [2.05, 4.69) is 5.32 Å². The van der Waals surface area contributed by atoms with Gasteiger partial charge in [-0.3, -0.25) is 4.79 Å². The Hall–Kier alpha value is -2.40. The Morgan fingerprint density at radius 1 is 1.13 bits per heavy atom. The summed E-state index contributed by atoms with van der Waals surface area (Å²) >= 11 is 0. The van der Waals surface area contributed by atoms with Crippen molar-refractivity contribution in [1.82, 2.24) is 5.32 Å². The molecule has 0 aliphatic carbocycles. The predicted molar refractivity (Wildman–Crippen MR) is 85.8 cm³/mol. The van der Waals surface area contributed by atoms with Crippen LogP contribution in [0.2, 0.25) is 0 Å². The molecule has 0 unspecified atom stereocenters. The van der Waals surface area contributed by atoms with Gasteiger partial charge in [0.05, 0.1) is 13.7 Å². The van der Waals surface area contributed by atoms with Crippen molar-refractivity contribution < 1.29 is 18.7 Å². The Labute approximate surface area is 135 Å². The van der Waals surface area contributed by atoms with Gasteiger partial charge in [-0.25, -0.2) is 4.39 Å². The van der Waals surface area contributed by atoms with Crippen LogP contribution in [0.1, 0.15) is 11.1 Å². The molecule has 0 radical (unpaired) electrons. The SMILES string of the molecule is COc1cccc(COCC(=O)NCCc2ccc(F)cc2)c1. The van der Waals surface area contributed by atoms with Crippen molar-refractivity contribution >= 4 is 5.91 Å². The van der Waals surface area contributed by atoms with Gasteiger partial charge in [-0.05, 0) is 41.8 Å². The number of rotatable bonds is 8. The number of amides is 1. The van der Waals surface area contributed by atoms with Crippen molar-refractivity contribution in [3.63, 3.8) is 0 Å². The third-order valence-corrected chi connectivity index (χ3v) is 3.29. The molecule has 2 aromatic rings. The van der Waals surface area contributed by atoms with Crippen LogP contribution in [0.5, 0.6) is 5.75 Å². The van der Waals surface area contributed by atoms with Crippen LogP contribution in [0.3, 0.4) is 0 Å². The molecule has 0 aliphatic rings. The van der Waals surface area contributed by atoms with Crippen LogP contribution in [0.15, 0.2) is 48.5 Å². The molecule has 0 saturated heterocycles. The highest BCUT2D eigenvalue weighted by Crippen LogP contribution is 2.13. The lowest BCUT2D eigenvalue weighted by Gasteiger charge is -2.07. The van der Waals surface area contributed by atoms with Gasteiger partial charge in [-0.2, -0.15) is 0 Å². The molecule has 0 spiro atoms. The summed E-state index contributed by atoms with van der Waals surface area (Å²) in [6.45, 7) is 0.843. The minimum Gasteiger partial charge on any atom is -0.497 e. The third kappa shape index (κ3) is 6.08. The monoisotopic (exact) mass is 317 g/mol. The summed E-state index contributed by atoms with van der Waals surface area (Å²) in [6.07, 6.45) is 0.655. The van der Waals surface area contributed by atoms with Gasteiger partial charge in [-0.15, -0.1) is 0 Å². The molecule has 1 N–H and O–H groups in total. The van der Waals surface area contributed by atoms with Crippen molar-refractivity contribution in [1.29, 1.82) is 0 Å². The molecule has 23 heavy (non-hydrogen) atoms. The summed E-state index contributed by atoms with van der Waals surface area (Å²) in [5.74, 6) is 0.327. The zero-order chi connectivity index (χ0) is 16.5. The summed E-state index contributed by atoms with van der Waals surface area (Å²) in [4.78, 5) is 11.7. The average molecular weight is 317 g/mol. The summed E-state index contributed by atoms with van der Waals surface area (Å²) in [5.41, 5.74) is 1.92. The van der Waals surface area contributed by atoms with Gasteiger partial charge in [0.15, 0.2) is 0 Å². The fourth-order valence-electron chi connectivity index (χ4n) is 2.07. The molecule has 1 amide bonds. The number of ether oxygens (including phenoxy) is 2. The van der Waals surface area contributed by atoms with E-state index in [4.69, 9.17) is 9.47 Å².